The summed E-state index contributed by atoms with van der Waals surface area (Å²) in [5.41, 5.74) is 5.09. The second-order valence-corrected chi connectivity index (χ2v) is 7.74. The van der Waals surface area contributed by atoms with E-state index in [-0.39, 0.29) is 25.0 Å². The number of carbonyl (C=O) groups excluding carboxylic acids is 3. The lowest BCUT2D eigenvalue weighted by molar-refractivity contribution is -0.215. The van der Waals surface area contributed by atoms with Crippen molar-refractivity contribution in [1.29, 1.82) is 0 Å². The van der Waals surface area contributed by atoms with Gasteiger partial charge in [0.1, 0.15) is 18.2 Å². The molecule has 15 nitrogen and oxygen atoms in total. The molecule has 0 aliphatic carbocycles. The molecule has 3 rings (SSSR count). The lowest BCUT2D eigenvalue weighted by Gasteiger charge is -2.47. The Morgan fingerprint density at radius 1 is 1.41 bits per heavy atom. The van der Waals surface area contributed by atoms with Crippen molar-refractivity contribution in [3.05, 3.63) is 0 Å². The van der Waals surface area contributed by atoms with Gasteiger partial charge >= 0.3 is 6.09 Å². The minimum absolute atomic E-state index is 0.0487. The average Bonchev–Trinajstić information content (AvgIpc) is 3.17. The van der Waals surface area contributed by atoms with Crippen LogP contribution in [0.15, 0.2) is 4.99 Å². The first-order chi connectivity index (χ1) is 15.2. The quantitative estimate of drug-likeness (QED) is 0.187. The van der Waals surface area contributed by atoms with Crippen molar-refractivity contribution < 1.29 is 39.2 Å². The molecule has 0 aromatic heterocycles. The zero-order valence-electron chi connectivity index (χ0n) is 17.6. The maximum absolute atomic E-state index is 12.5. The number of carbonyl (C=O) groups is 3. The number of piperidine rings is 1. The molecular weight excluding hydrogens is 430 g/mol. The van der Waals surface area contributed by atoms with Gasteiger partial charge in [-0.3, -0.25) is 9.59 Å². The summed E-state index contributed by atoms with van der Waals surface area (Å²) in [7, 11) is 3.00. The van der Waals surface area contributed by atoms with Gasteiger partial charge in [-0.1, -0.05) is 0 Å². The first-order valence-electron chi connectivity index (χ1n) is 10.0. The van der Waals surface area contributed by atoms with Gasteiger partial charge in [0.2, 0.25) is 11.8 Å². The highest BCUT2D eigenvalue weighted by Crippen LogP contribution is 2.26. The highest BCUT2D eigenvalue weighted by Gasteiger charge is 2.51. The molecule has 15 heteroatoms. The van der Waals surface area contributed by atoms with E-state index in [9.17, 15) is 29.7 Å². The fourth-order valence-electron chi connectivity index (χ4n) is 4.03. The summed E-state index contributed by atoms with van der Waals surface area (Å²) in [6.07, 6.45) is -7.21. The highest BCUT2D eigenvalue weighted by atomic mass is 16.6. The number of nitrogens with two attached hydrogens (primary N) is 1. The molecule has 3 heterocycles. The number of nitrogens with zero attached hydrogens (tertiary/aromatic N) is 2. The van der Waals surface area contributed by atoms with Gasteiger partial charge in [-0.15, -0.1) is 0 Å². The second-order valence-electron chi connectivity index (χ2n) is 7.74. The van der Waals surface area contributed by atoms with Crippen molar-refractivity contribution in [3.8, 4) is 0 Å². The molecule has 3 aliphatic rings. The normalized spacial score (nSPS) is 36.3. The molecular formula is C17H29N7O8. The van der Waals surface area contributed by atoms with Gasteiger partial charge in [-0.25, -0.2) is 9.79 Å². The molecule has 3 aliphatic heterocycles. The minimum Gasteiger partial charge on any atom is -0.441 e. The Balaban J connectivity index is 1.85. The predicted molar refractivity (Wildman–Crippen MR) is 107 cm³/mol. The topological polar surface area (TPSA) is 220 Å². The van der Waals surface area contributed by atoms with Gasteiger partial charge in [0.15, 0.2) is 24.3 Å². The van der Waals surface area contributed by atoms with Crippen molar-refractivity contribution in [2.75, 3.05) is 33.8 Å². The Morgan fingerprint density at radius 2 is 2.12 bits per heavy atom. The van der Waals surface area contributed by atoms with Crippen LogP contribution in [-0.2, 0) is 19.1 Å². The maximum atomic E-state index is 12.5. The van der Waals surface area contributed by atoms with E-state index in [1.807, 2.05) is 0 Å². The number of nitrogens with one attached hydrogen (secondary N) is 4. The summed E-state index contributed by atoms with van der Waals surface area (Å²) in [6, 6.07) is -2.65. The summed E-state index contributed by atoms with van der Waals surface area (Å²) in [4.78, 5) is 41.3. The van der Waals surface area contributed by atoms with E-state index in [1.165, 1.54) is 11.9 Å². The van der Waals surface area contributed by atoms with Crippen LogP contribution in [0.2, 0.25) is 0 Å². The molecule has 0 saturated carbocycles. The van der Waals surface area contributed by atoms with Gasteiger partial charge in [0, 0.05) is 13.6 Å². The van der Waals surface area contributed by atoms with Crippen LogP contribution in [-0.4, -0.2) is 127 Å². The van der Waals surface area contributed by atoms with Crippen LogP contribution in [0.5, 0.6) is 0 Å². The number of likely N-dealkylation sites (N-methyl/N-ethyl adjacent to an activating group) is 2. The van der Waals surface area contributed by atoms with Gasteiger partial charge in [0.25, 0.3) is 0 Å². The summed E-state index contributed by atoms with van der Waals surface area (Å²) in [6.45, 7) is -0.607. The fraction of sp³-hybridized carbons (Fsp3) is 0.765. The summed E-state index contributed by atoms with van der Waals surface area (Å²) in [5, 5.41) is 41.8. The zero-order valence-corrected chi connectivity index (χ0v) is 17.6. The lowest BCUT2D eigenvalue weighted by atomic mass is 9.94. The minimum atomic E-state index is -1.49. The molecule has 3 amide bonds. The number of aliphatic hydroxyl groups excluding tert-OH is 3. The molecule has 32 heavy (non-hydrogen) atoms. The van der Waals surface area contributed by atoms with Crippen LogP contribution in [0.3, 0.4) is 0 Å². The van der Waals surface area contributed by atoms with Gasteiger partial charge in [-0.2, -0.15) is 0 Å². The molecule has 0 radical (unpaired) electrons. The van der Waals surface area contributed by atoms with Gasteiger partial charge in [0.05, 0.1) is 25.3 Å². The summed E-state index contributed by atoms with van der Waals surface area (Å²) < 4.78 is 10.7. The van der Waals surface area contributed by atoms with Crippen molar-refractivity contribution in [2.45, 2.75) is 48.8 Å². The zero-order chi connectivity index (χ0) is 23.6. The lowest BCUT2D eigenvalue weighted by Crippen LogP contribution is -2.70. The van der Waals surface area contributed by atoms with Crippen LogP contribution < -0.4 is 27.0 Å². The monoisotopic (exact) mass is 459 g/mol. The molecule has 2 fully saturated rings. The van der Waals surface area contributed by atoms with Crippen LogP contribution >= 0.6 is 0 Å². The molecule has 0 unspecified atom stereocenters. The van der Waals surface area contributed by atoms with Gasteiger partial charge in [-0.05, 0) is 7.05 Å². The Bertz CT molecular complexity index is 767. The fourth-order valence-corrected chi connectivity index (χ4v) is 4.03. The highest BCUT2D eigenvalue weighted by molar-refractivity contribution is 5.92. The molecule has 2 saturated heterocycles. The summed E-state index contributed by atoms with van der Waals surface area (Å²) >= 11 is 0. The average molecular weight is 459 g/mol. The number of aliphatic imine (C=N–C) groups is 1. The smallest absolute Gasteiger partial charge is 0.404 e. The number of hydrogen-bond acceptors (Lipinski definition) is 12. The maximum Gasteiger partial charge on any atom is 0.404 e. The Hall–Kier alpha value is -2.72. The van der Waals surface area contributed by atoms with Crippen LogP contribution in [0.1, 0.15) is 0 Å². The van der Waals surface area contributed by atoms with Crippen molar-refractivity contribution in [1.82, 2.24) is 26.2 Å². The van der Waals surface area contributed by atoms with Crippen molar-refractivity contribution in [3.63, 3.8) is 0 Å². The summed E-state index contributed by atoms with van der Waals surface area (Å²) in [5.74, 6) is -0.675. The number of amides is 3. The number of hydrogen-bond donors (Lipinski definition) is 8. The Morgan fingerprint density at radius 3 is 2.72 bits per heavy atom. The van der Waals surface area contributed by atoms with E-state index in [1.54, 1.807) is 7.05 Å². The van der Waals surface area contributed by atoms with Crippen LogP contribution in [0.4, 0.5) is 4.79 Å². The van der Waals surface area contributed by atoms with Crippen LogP contribution in [0, 0.1) is 0 Å². The third kappa shape index (κ3) is 4.71. The van der Waals surface area contributed by atoms with E-state index >= 15 is 0 Å². The van der Waals surface area contributed by atoms with E-state index in [4.69, 9.17) is 15.2 Å². The largest absolute Gasteiger partial charge is 0.441 e. The molecule has 0 spiro atoms. The molecule has 9 N–H and O–H groups in total. The Labute approximate surface area is 183 Å². The van der Waals surface area contributed by atoms with E-state index in [0.717, 1.165) is 0 Å². The Kier molecular flexibility index (Phi) is 7.35. The molecule has 0 aromatic rings. The van der Waals surface area contributed by atoms with Crippen molar-refractivity contribution in [2.24, 2.45) is 10.7 Å². The number of primary amides is 1. The second kappa shape index (κ2) is 9.83. The van der Waals surface area contributed by atoms with E-state index in [0.29, 0.717) is 0 Å². The first-order valence-corrected chi connectivity index (χ1v) is 10.0. The first kappa shape index (κ1) is 23.9. The number of aliphatic hydroxyl groups is 3. The standard InChI is InChI=1S/C17H29N7O8/c1-19-4-8(27)24(2)11-12(28)13(32-16(18)30)7(5-25)31-15(11)23-17-21-9-6(26)3-20-14(29)10(9)22-17/h6-7,9-13,15,19,25-26,28H,3-5H2,1-2H3,(H2,18,30)(H,20,29)(H2,21,22,23)/t6-,7-,9-,10-,11-,12+,13+,15-/m1/s1. The SMILES string of the molecule is CNCC(=O)N(C)[C@@H]1[C@H](O)[C@@H](OC(N)=O)[C@@H](CO)O[C@H]1NC1=N[C@H]2C(=O)NC[C@@H](O)[C@H]2N1. The molecule has 8 atom stereocenters. The third-order valence-electron chi connectivity index (χ3n) is 5.64. The molecule has 0 aromatic carbocycles. The number of β-amino-alcohol motifs (C(OH)–C–C–N with tert-alkyl or cyclic N) is 1. The number of guanidine groups is 1. The van der Waals surface area contributed by atoms with Gasteiger partial charge < -0.3 is 56.7 Å². The number of rotatable bonds is 6. The predicted octanol–water partition coefficient (Wildman–Crippen LogP) is -5.65. The van der Waals surface area contributed by atoms with Crippen LogP contribution in [0.25, 0.3) is 0 Å². The number of fused-ring (bicyclic) bond motifs is 1. The van der Waals surface area contributed by atoms with E-state index < -0.39 is 67.4 Å². The number of ether oxygens (including phenoxy) is 2. The molecule has 0 bridgehead atoms. The van der Waals surface area contributed by atoms with E-state index in [2.05, 4.69) is 26.3 Å². The van der Waals surface area contributed by atoms with Crippen molar-refractivity contribution >= 4 is 23.9 Å². The third-order valence-corrected chi connectivity index (χ3v) is 5.64. The molecule has 180 valence electrons.